The molecule has 0 aromatic heterocycles. The molecule has 1 aliphatic heterocycles. The molecule has 5 nitrogen and oxygen atoms in total. The second kappa shape index (κ2) is 6.11. The van der Waals surface area contributed by atoms with Gasteiger partial charge in [-0.3, -0.25) is 0 Å². The average molecular weight is 347 g/mol. The van der Waals surface area contributed by atoms with Crippen molar-refractivity contribution in [3.63, 3.8) is 0 Å². The van der Waals surface area contributed by atoms with Gasteiger partial charge in [0.05, 0.1) is 16.2 Å². The molecule has 1 aliphatic rings. The molecule has 2 aromatic rings. The van der Waals surface area contributed by atoms with Crippen molar-refractivity contribution in [2.45, 2.75) is 36.5 Å². The van der Waals surface area contributed by atoms with Gasteiger partial charge in [0.1, 0.15) is 0 Å². The summed E-state index contributed by atoms with van der Waals surface area (Å²) >= 11 is 0. The number of benzene rings is 2. The summed E-state index contributed by atoms with van der Waals surface area (Å²) in [6.07, 6.45) is 0.763. The van der Waals surface area contributed by atoms with E-state index in [1.807, 2.05) is 0 Å². The monoisotopic (exact) mass is 347 g/mol. The Hall–Kier alpha value is -2.05. The van der Waals surface area contributed by atoms with Crippen molar-refractivity contribution >= 4 is 9.84 Å². The number of rotatable bonds is 3. The second-order valence-electron chi connectivity index (χ2n) is 6.34. The number of sulfone groups is 1. The van der Waals surface area contributed by atoms with Crippen LogP contribution in [-0.4, -0.2) is 30.4 Å². The maximum Gasteiger partial charge on any atom is 0.180 e. The van der Waals surface area contributed by atoms with Crippen LogP contribution in [0, 0.1) is 0 Å². The average Bonchev–Trinajstić information content (AvgIpc) is 2.55. The Kier molecular flexibility index (Phi) is 4.27. The first-order chi connectivity index (χ1) is 11.3. The van der Waals surface area contributed by atoms with E-state index in [1.165, 1.54) is 0 Å². The highest BCUT2D eigenvalue weighted by Crippen LogP contribution is 2.36. The van der Waals surface area contributed by atoms with Crippen LogP contribution >= 0.6 is 0 Å². The molecule has 3 rings (SSSR count). The van der Waals surface area contributed by atoms with Crippen LogP contribution in [0.5, 0.6) is 11.5 Å². The summed E-state index contributed by atoms with van der Waals surface area (Å²) in [6, 6.07) is 9.87. The van der Waals surface area contributed by atoms with Gasteiger partial charge in [0.15, 0.2) is 21.3 Å². The number of nitrogens with one attached hydrogen (secondary N) is 1. The van der Waals surface area contributed by atoms with E-state index in [0.717, 1.165) is 29.7 Å². The van der Waals surface area contributed by atoms with Gasteiger partial charge in [-0.25, -0.2) is 8.42 Å². The van der Waals surface area contributed by atoms with E-state index in [9.17, 15) is 18.6 Å². The molecular formula is C18H21NO4S. The van der Waals surface area contributed by atoms with Gasteiger partial charge >= 0.3 is 0 Å². The topological polar surface area (TPSA) is 86.6 Å². The van der Waals surface area contributed by atoms with E-state index in [0.29, 0.717) is 4.90 Å². The summed E-state index contributed by atoms with van der Waals surface area (Å²) in [5.41, 5.74) is 2.80. The molecule has 1 atom stereocenters. The molecular weight excluding hydrogens is 326 g/mol. The molecule has 0 radical (unpaired) electrons. The molecule has 0 saturated heterocycles. The molecule has 3 N–H and O–H groups in total. The molecule has 0 aliphatic carbocycles. The van der Waals surface area contributed by atoms with E-state index >= 15 is 0 Å². The van der Waals surface area contributed by atoms with E-state index in [4.69, 9.17) is 0 Å². The smallest absolute Gasteiger partial charge is 0.180 e. The molecule has 0 saturated carbocycles. The first-order valence-corrected chi connectivity index (χ1v) is 9.47. The maximum atomic E-state index is 12.2. The van der Waals surface area contributed by atoms with Crippen LogP contribution in [0.4, 0.5) is 0 Å². The zero-order valence-corrected chi connectivity index (χ0v) is 14.5. The number of phenolic OH excluding ortho intramolecular Hbond substituents is 2. The van der Waals surface area contributed by atoms with Gasteiger partial charge < -0.3 is 15.5 Å². The summed E-state index contributed by atoms with van der Waals surface area (Å²) < 4.78 is 24.4. The Labute approximate surface area is 141 Å². The molecule has 2 aromatic carbocycles. The quantitative estimate of drug-likeness (QED) is 0.743. The highest BCUT2D eigenvalue weighted by Gasteiger charge is 2.24. The molecule has 0 fully saturated rings. The molecule has 0 amide bonds. The summed E-state index contributed by atoms with van der Waals surface area (Å²) in [5.74, 6) is -0.269. The fourth-order valence-corrected chi connectivity index (χ4v) is 4.06. The third kappa shape index (κ3) is 2.87. The van der Waals surface area contributed by atoms with E-state index in [1.54, 1.807) is 50.2 Å². The molecule has 6 heteroatoms. The van der Waals surface area contributed by atoms with Crippen LogP contribution in [0.15, 0.2) is 41.3 Å². The van der Waals surface area contributed by atoms with Crippen molar-refractivity contribution in [3.8, 4) is 11.5 Å². The van der Waals surface area contributed by atoms with E-state index in [-0.39, 0.29) is 17.5 Å². The van der Waals surface area contributed by atoms with Crippen LogP contribution in [0.25, 0.3) is 0 Å². The van der Waals surface area contributed by atoms with Crippen molar-refractivity contribution in [2.24, 2.45) is 0 Å². The van der Waals surface area contributed by atoms with E-state index in [2.05, 4.69) is 5.32 Å². The van der Waals surface area contributed by atoms with Crippen LogP contribution in [0.3, 0.4) is 0 Å². The fourth-order valence-electron chi connectivity index (χ4n) is 3.00. The lowest BCUT2D eigenvalue weighted by atomic mass is 9.89. The summed E-state index contributed by atoms with van der Waals surface area (Å²) in [5, 5.41) is 22.4. The van der Waals surface area contributed by atoms with Gasteiger partial charge in [0.2, 0.25) is 0 Å². The van der Waals surface area contributed by atoms with Gasteiger partial charge in [0, 0.05) is 6.54 Å². The molecule has 24 heavy (non-hydrogen) atoms. The van der Waals surface area contributed by atoms with Crippen LogP contribution in [0.1, 0.15) is 36.6 Å². The summed E-state index contributed by atoms with van der Waals surface area (Å²) in [6.45, 7) is 4.07. The van der Waals surface area contributed by atoms with Crippen molar-refractivity contribution < 1.29 is 18.6 Å². The lowest BCUT2D eigenvalue weighted by Crippen LogP contribution is -2.30. The molecule has 1 heterocycles. The number of hydrogen-bond donors (Lipinski definition) is 3. The van der Waals surface area contributed by atoms with Crippen LogP contribution < -0.4 is 5.32 Å². The Balaban J connectivity index is 1.99. The predicted octanol–water partition coefficient (Wildman–Crippen LogP) is 2.52. The lowest BCUT2D eigenvalue weighted by molar-refractivity contribution is 0.400. The van der Waals surface area contributed by atoms with Crippen molar-refractivity contribution in [3.05, 3.63) is 53.1 Å². The largest absolute Gasteiger partial charge is 0.504 e. The zero-order chi connectivity index (χ0) is 17.5. The Morgan fingerprint density at radius 2 is 1.71 bits per heavy atom. The third-order valence-electron chi connectivity index (χ3n) is 4.45. The molecule has 0 bridgehead atoms. The highest BCUT2D eigenvalue weighted by atomic mass is 32.2. The third-order valence-corrected chi connectivity index (χ3v) is 6.62. The van der Waals surface area contributed by atoms with Crippen molar-refractivity contribution in [1.29, 1.82) is 0 Å². The predicted molar refractivity (Wildman–Crippen MR) is 92.1 cm³/mol. The molecule has 0 spiro atoms. The summed E-state index contributed by atoms with van der Waals surface area (Å²) in [4.78, 5) is 0.311. The zero-order valence-electron chi connectivity index (χ0n) is 13.7. The van der Waals surface area contributed by atoms with Crippen LogP contribution in [0.2, 0.25) is 0 Å². The van der Waals surface area contributed by atoms with E-state index < -0.39 is 15.1 Å². The minimum atomic E-state index is -3.29. The Morgan fingerprint density at radius 3 is 2.33 bits per heavy atom. The summed E-state index contributed by atoms with van der Waals surface area (Å²) in [7, 11) is -3.29. The van der Waals surface area contributed by atoms with Gasteiger partial charge in [-0.15, -0.1) is 0 Å². The Morgan fingerprint density at radius 1 is 1.08 bits per heavy atom. The van der Waals surface area contributed by atoms with Gasteiger partial charge in [-0.05, 0) is 61.2 Å². The maximum absolute atomic E-state index is 12.2. The molecule has 1 unspecified atom stereocenters. The number of phenols is 2. The Bertz CT molecular complexity index is 857. The van der Waals surface area contributed by atoms with Gasteiger partial charge in [-0.1, -0.05) is 12.1 Å². The van der Waals surface area contributed by atoms with Gasteiger partial charge in [-0.2, -0.15) is 0 Å². The number of hydrogen-bond acceptors (Lipinski definition) is 5. The number of fused-ring (bicyclic) bond motifs is 1. The SMILES string of the molecule is CC(C)S(=O)(=O)c1ccc(C2NCCc3cc(O)c(O)cc32)cc1. The second-order valence-corrected chi connectivity index (χ2v) is 8.84. The lowest BCUT2D eigenvalue weighted by Gasteiger charge is -2.28. The first-order valence-electron chi connectivity index (χ1n) is 7.92. The minimum Gasteiger partial charge on any atom is -0.504 e. The fraction of sp³-hybridized carbons (Fsp3) is 0.333. The number of aromatic hydroxyl groups is 2. The van der Waals surface area contributed by atoms with Crippen molar-refractivity contribution in [2.75, 3.05) is 6.54 Å². The minimum absolute atomic E-state index is 0.118. The highest BCUT2D eigenvalue weighted by molar-refractivity contribution is 7.92. The van der Waals surface area contributed by atoms with Gasteiger partial charge in [0.25, 0.3) is 0 Å². The van der Waals surface area contributed by atoms with Crippen molar-refractivity contribution in [1.82, 2.24) is 5.32 Å². The normalized spacial score (nSPS) is 17.7. The first kappa shape index (κ1) is 16.8. The standard InChI is InChI=1S/C18H21NO4S/c1-11(2)24(22,23)14-5-3-12(4-6-14)18-15-10-17(21)16(20)9-13(15)7-8-19-18/h3-6,9-11,18-21H,7-8H2,1-2H3. The van der Waals surface area contributed by atoms with Crippen LogP contribution in [-0.2, 0) is 16.3 Å². The molecule has 128 valence electrons.